The maximum absolute atomic E-state index is 5.33. The zero-order chi connectivity index (χ0) is 9.54. The van der Waals surface area contributed by atoms with Crippen LogP contribution in [0.15, 0.2) is 17.8 Å². The molecule has 1 aromatic rings. The van der Waals surface area contributed by atoms with Crippen molar-refractivity contribution in [2.24, 2.45) is 0 Å². The van der Waals surface area contributed by atoms with Crippen molar-refractivity contribution in [3.05, 3.63) is 29.0 Å². The summed E-state index contributed by atoms with van der Waals surface area (Å²) in [5.41, 5.74) is 3.68. The third-order valence-electron chi connectivity index (χ3n) is 2.56. The van der Waals surface area contributed by atoms with Crippen molar-refractivity contribution in [3.63, 3.8) is 0 Å². The lowest BCUT2D eigenvalue weighted by Crippen LogP contribution is -2.15. The number of fused-ring (bicyclic) bond motifs is 2. The molecule has 3 nitrogen and oxygen atoms in total. The van der Waals surface area contributed by atoms with Crippen molar-refractivity contribution in [3.8, 4) is 11.5 Å². The smallest absolute Gasteiger partial charge is 0.231 e. The largest absolute Gasteiger partial charge is 0.454 e. The van der Waals surface area contributed by atoms with Crippen LogP contribution in [0.3, 0.4) is 0 Å². The summed E-state index contributed by atoms with van der Waals surface area (Å²) in [6.45, 7) is 3.27. The van der Waals surface area contributed by atoms with Crippen LogP contribution in [0.4, 0.5) is 0 Å². The van der Waals surface area contributed by atoms with E-state index in [4.69, 9.17) is 9.47 Å². The second-order valence-corrected chi connectivity index (χ2v) is 3.59. The zero-order valence-electron chi connectivity index (χ0n) is 7.96. The Morgan fingerprint density at radius 1 is 1.21 bits per heavy atom. The van der Waals surface area contributed by atoms with E-state index in [9.17, 15) is 0 Å². The van der Waals surface area contributed by atoms with Crippen LogP contribution in [0.2, 0.25) is 0 Å². The van der Waals surface area contributed by atoms with Crippen LogP contribution in [-0.2, 0) is 6.54 Å². The minimum atomic E-state index is 0.342. The van der Waals surface area contributed by atoms with Gasteiger partial charge in [-0.2, -0.15) is 0 Å². The van der Waals surface area contributed by atoms with E-state index in [0.717, 1.165) is 18.0 Å². The molecule has 3 rings (SSSR count). The Bertz CT molecular complexity index is 424. The molecule has 0 radical (unpaired) electrons. The van der Waals surface area contributed by atoms with Crippen LogP contribution < -0.4 is 14.8 Å². The van der Waals surface area contributed by atoms with Crippen LogP contribution >= 0.6 is 0 Å². The number of hydrogen-bond acceptors (Lipinski definition) is 3. The summed E-state index contributed by atoms with van der Waals surface area (Å²) in [6.07, 6.45) is 2.13. The molecule has 2 aliphatic heterocycles. The minimum Gasteiger partial charge on any atom is -0.454 e. The van der Waals surface area contributed by atoms with Gasteiger partial charge in [0.15, 0.2) is 11.5 Å². The van der Waals surface area contributed by atoms with Crippen molar-refractivity contribution in [2.45, 2.75) is 13.5 Å². The molecule has 72 valence electrons. The first-order valence-corrected chi connectivity index (χ1v) is 4.67. The molecule has 0 spiro atoms. The molecular formula is C11H11NO2. The van der Waals surface area contributed by atoms with E-state index in [2.05, 4.69) is 18.3 Å². The maximum Gasteiger partial charge on any atom is 0.231 e. The molecular weight excluding hydrogens is 178 g/mol. The summed E-state index contributed by atoms with van der Waals surface area (Å²) in [4.78, 5) is 0. The predicted molar refractivity (Wildman–Crippen MR) is 53.1 cm³/mol. The average molecular weight is 189 g/mol. The Hall–Kier alpha value is -1.64. The van der Waals surface area contributed by atoms with E-state index in [-0.39, 0.29) is 0 Å². The van der Waals surface area contributed by atoms with E-state index in [1.54, 1.807) is 0 Å². The van der Waals surface area contributed by atoms with E-state index in [0.29, 0.717) is 6.79 Å². The van der Waals surface area contributed by atoms with Gasteiger partial charge in [0.25, 0.3) is 0 Å². The molecule has 14 heavy (non-hydrogen) atoms. The van der Waals surface area contributed by atoms with Crippen LogP contribution in [0.1, 0.15) is 18.1 Å². The van der Waals surface area contributed by atoms with Crippen LogP contribution in [-0.4, -0.2) is 6.79 Å². The number of nitrogens with one attached hydrogen (secondary N) is 1. The molecule has 0 saturated heterocycles. The molecule has 0 aromatic heterocycles. The van der Waals surface area contributed by atoms with E-state index in [1.165, 1.54) is 16.8 Å². The summed E-state index contributed by atoms with van der Waals surface area (Å²) in [6, 6.07) is 4.09. The molecule has 1 N–H and O–H groups in total. The molecule has 0 amide bonds. The Morgan fingerprint density at radius 2 is 2.00 bits per heavy atom. The molecule has 2 heterocycles. The SMILES string of the molecule is CC1=Cc2cc3c(cc2CN1)OCO3. The molecule has 0 fully saturated rings. The van der Waals surface area contributed by atoms with Crippen molar-refractivity contribution in [1.29, 1.82) is 0 Å². The molecule has 2 aliphatic rings. The van der Waals surface area contributed by atoms with Crippen molar-refractivity contribution in [1.82, 2.24) is 5.32 Å². The standard InChI is InChI=1S/C11H11NO2/c1-7-2-8-3-10-11(14-6-13-10)4-9(8)5-12-7/h2-4,12H,5-6H2,1H3. The minimum absolute atomic E-state index is 0.342. The first kappa shape index (κ1) is 7.74. The fourth-order valence-electron chi connectivity index (χ4n) is 1.81. The Kier molecular flexibility index (Phi) is 1.48. The van der Waals surface area contributed by atoms with Gasteiger partial charge < -0.3 is 14.8 Å². The normalized spacial score (nSPS) is 17.1. The highest BCUT2D eigenvalue weighted by Crippen LogP contribution is 2.36. The number of hydrogen-bond donors (Lipinski definition) is 1. The summed E-state index contributed by atoms with van der Waals surface area (Å²) < 4.78 is 10.6. The molecule has 3 heteroatoms. The first-order valence-electron chi connectivity index (χ1n) is 4.67. The summed E-state index contributed by atoms with van der Waals surface area (Å²) in [7, 11) is 0. The molecule has 0 saturated carbocycles. The van der Waals surface area contributed by atoms with Gasteiger partial charge in [0.1, 0.15) is 0 Å². The fourth-order valence-corrected chi connectivity index (χ4v) is 1.81. The maximum atomic E-state index is 5.33. The highest BCUT2D eigenvalue weighted by molar-refractivity contribution is 5.63. The third-order valence-corrected chi connectivity index (χ3v) is 2.56. The van der Waals surface area contributed by atoms with Gasteiger partial charge in [0, 0.05) is 12.2 Å². The first-order chi connectivity index (χ1) is 6.83. The van der Waals surface area contributed by atoms with Gasteiger partial charge in [-0.15, -0.1) is 0 Å². The van der Waals surface area contributed by atoms with Crippen LogP contribution in [0.5, 0.6) is 11.5 Å². The van der Waals surface area contributed by atoms with E-state index >= 15 is 0 Å². The predicted octanol–water partition coefficient (Wildman–Crippen LogP) is 1.88. The number of rotatable bonds is 0. The van der Waals surface area contributed by atoms with Crippen molar-refractivity contribution < 1.29 is 9.47 Å². The van der Waals surface area contributed by atoms with Gasteiger partial charge in [0.2, 0.25) is 6.79 Å². The summed E-state index contributed by atoms with van der Waals surface area (Å²) >= 11 is 0. The lowest BCUT2D eigenvalue weighted by molar-refractivity contribution is 0.174. The van der Waals surface area contributed by atoms with Gasteiger partial charge in [-0.3, -0.25) is 0 Å². The van der Waals surface area contributed by atoms with Crippen LogP contribution in [0, 0.1) is 0 Å². The van der Waals surface area contributed by atoms with Crippen LogP contribution in [0.25, 0.3) is 6.08 Å². The van der Waals surface area contributed by atoms with E-state index < -0.39 is 0 Å². The molecule has 0 aliphatic carbocycles. The van der Waals surface area contributed by atoms with E-state index in [1.807, 2.05) is 12.1 Å². The zero-order valence-corrected chi connectivity index (χ0v) is 7.96. The lowest BCUT2D eigenvalue weighted by atomic mass is 10.0. The van der Waals surface area contributed by atoms with Gasteiger partial charge in [-0.05, 0) is 36.3 Å². The fraction of sp³-hybridized carbons (Fsp3) is 0.273. The van der Waals surface area contributed by atoms with Gasteiger partial charge in [-0.1, -0.05) is 0 Å². The summed E-state index contributed by atoms with van der Waals surface area (Å²) in [5, 5.41) is 3.29. The topological polar surface area (TPSA) is 30.5 Å². The number of allylic oxidation sites excluding steroid dienone is 1. The molecule has 0 unspecified atom stereocenters. The Balaban J connectivity index is 2.15. The Labute approximate surface area is 82.3 Å². The second kappa shape index (κ2) is 2.67. The monoisotopic (exact) mass is 189 g/mol. The summed E-state index contributed by atoms with van der Waals surface area (Å²) in [5.74, 6) is 1.72. The van der Waals surface area contributed by atoms with Gasteiger partial charge >= 0.3 is 0 Å². The molecule has 0 bridgehead atoms. The highest BCUT2D eigenvalue weighted by atomic mass is 16.7. The molecule has 0 atom stereocenters. The average Bonchev–Trinajstić information content (AvgIpc) is 2.61. The Morgan fingerprint density at radius 3 is 2.86 bits per heavy atom. The van der Waals surface area contributed by atoms with Crippen molar-refractivity contribution in [2.75, 3.05) is 6.79 Å². The van der Waals surface area contributed by atoms with Gasteiger partial charge in [0.05, 0.1) is 0 Å². The lowest BCUT2D eigenvalue weighted by Gasteiger charge is -2.16. The second-order valence-electron chi connectivity index (χ2n) is 3.59. The highest BCUT2D eigenvalue weighted by Gasteiger charge is 2.17. The van der Waals surface area contributed by atoms with Gasteiger partial charge in [-0.25, -0.2) is 0 Å². The van der Waals surface area contributed by atoms with Crippen molar-refractivity contribution >= 4 is 6.08 Å². The quantitative estimate of drug-likeness (QED) is 0.676. The number of ether oxygens (including phenoxy) is 2. The number of benzene rings is 1. The third kappa shape index (κ3) is 1.05. The molecule has 1 aromatic carbocycles.